The Balaban J connectivity index is 1.77. The number of hydrogen-bond acceptors (Lipinski definition) is 5. The van der Waals surface area contributed by atoms with Crippen molar-refractivity contribution >= 4 is 22.4 Å². The molecule has 0 spiro atoms. The van der Waals surface area contributed by atoms with E-state index in [1.165, 1.54) is 37.1 Å². The van der Waals surface area contributed by atoms with Crippen LogP contribution in [0, 0.1) is 0 Å². The molecule has 2 aliphatic rings. The molecular formula is C13H19N3O2S. The molecule has 3 heterocycles. The van der Waals surface area contributed by atoms with Gasteiger partial charge in [-0.25, -0.2) is 9.78 Å². The summed E-state index contributed by atoms with van der Waals surface area (Å²) in [5, 5.41) is 11.5. The average Bonchev–Trinajstić information content (AvgIpc) is 2.87. The fourth-order valence-corrected chi connectivity index (χ4v) is 4.02. The number of thiazole rings is 1. The van der Waals surface area contributed by atoms with Crippen molar-refractivity contribution in [3.05, 3.63) is 11.1 Å². The third kappa shape index (κ3) is 2.47. The van der Waals surface area contributed by atoms with Crippen LogP contribution in [0.15, 0.2) is 5.38 Å². The molecule has 1 N–H and O–H groups in total. The van der Waals surface area contributed by atoms with E-state index >= 15 is 0 Å². The normalized spacial score (nSPS) is 28.2. The molecule has 0 bridgehead atoms. The van der Waals surface area contributed by atoms with Crippen molar-refractivity contribution in [2.45, 2.75) is 38.3 Å². The molecule has 2 aliphatic heterocycles. The van der Waals surface area contributed by atoms with Crippen molar-refractivity contribution < 1.29 is 9.90 Å². The standard InChI is InChI=1S/C13H19N3O2S/c1-9-6-15-5-3-2-4-10(15)7-16(9)13-14-11(8-19-13)12(17)18/h8-10H,2-7H2,1H3,(H,17,18). The van der Waals surface area contributed by atoms with Gasteiger partial charge in [0, 0.05) is 30.6 Å². The zero-order valence-electron chi connectivity index (χ0n) is 11.1. The van der Waals surface area contributed by atoms with Gasteiger partial charge in [-0.15, -0.1) is 11.3 Å². The van der Waals surface area contributed by atoms with Gasteiger partial charge >= 0.3 is 5.97 Å². The van der Waals surface area contributed by atoms with E-state index in [9.17, 15) is 4.79 Å². The van der Waals surface area contributed by atoms with E-state index in [4.69, 9.17) is 5.11 Å². The van der Waals surface area contributed by atoms with Crippen LogP contribution in [-0.2, 0) is 0 Å². The van der Waals surface area contributed by atoms with Crippen LogP contribution in [0.5, 0.6) is 0 Å². The van der Waals surface area contributed by atoms with Gasteiger partial charge in [0.2, 0.25) is 0 Å². The second-order valence-corrected chi connectivity index (χ2v) is 6.30. The lowest BCUT2D eigenvalue weighted by atomic mass is 9.97. The number of piperidine rings is 1. The van der Waals surface area contributed by atoms with Crippen molar-refractivity contribution in [3.63, 3.8) is 0 Å². The van der Waals surface area contributed by atoms with Crippen molar-refractivity contribution in [3.8, 4) is 0 Å². The summed E-state index contributed by atoms with van der Waals surface area (Å²) in [4.78, 5) is 20.0. The molecule has 2 fully saturated rings. The van der Waals surface area contributed by atoms with Gasteiger partial charge in [-0.3, -0.25) is 4.90 Å². The first kappa shape index (κ1) is 12.9. The first-order valence-electron chi connectivity index (χ1n) is 6.84. The summed E-state index contributed by atoms with van der Waals surface area (Å²) in [7, 11) is 0. The first-order valence-corrected chi connectivity index (χ1v) is 7.72. The molecule has 0 aromatic carbocycles. The van der Waals surface area contributed by atoms with E-state index in [1.807, 2.05) is 0 Å². The molecule has 2 unspecified atom stereocenters. The summed E-state index contributed by atoms with van der Waals surface area (Å²) in [6.45, 7) is 5.45. The number of carboxylic acids is 1. The summed E-state index contributed by atoms with van der Waals surface area (Å²) in [5.41, 5.74) is 0.165. The van der Waals surface area contributed by atoms with Gasteiger partial charge in [0.15, 0.2) is 10.8 Å². The van der Waals surface area contributed by atoms with Gasteiger partial charge in [0.1, 0.15) is 0 Å². The summed E-state index contributed by atoms with van der Waals surface area (Å²) in [6, 6.07) is 1.02. The molecule has 0 amide bonds. The Labute approximate surface area is 116 Å². The van der Waals surface area contributed by atoms with Gasteiger partial charge < -0.3 is 10.0 Å². The van der Waals surface area contributed by atoms with E-state index in [0.717, 1.165) is 18.2 Å². The lowest BCUT2D eigenvalue weighted by molar-refractivity contribution is 0.0691. The van der Waals surface area contributed by atoms with Gasteiger partial charge in [0.25, 0.3) is 0 Å². The van der Waals surface area contributed by atoms with E-state index in [1.54, 1.807) is 5.38 Å². The molecule has 6 heteroatoms. The number of piperazine rings is 1. The molecule has 1 aromatic heterocycles. The highest BCUT2D eigenvalue weighted by atomic mass is 32.1. The van der Waals surface area contributed by atoms with Gasteiger partial charge in [-0.05, 0) is 26.3 Å². The highest BCUT2D eigenvalue weighted by Crippen LogP contribution is 2.30. The van der Waals surface area contributed by atoms with Gasteiger partial charge in [-0.2, -0.15) is 0 Å². The number of anilines is 1. The number of hydrogen-bond donors (Lipinski definition) is 1. The highest BCUT2D eigenvalue weighted by molar-refractivity contribution is 7.13. The lowest BCUT2D eigenvalue weighted by Gasteiger charge is -2.47. The Kier molecular flexibility index (Phi) is 3.45. The van der Waals surface area contributed by atoms with Crippen LogP contribution in [0.2, 0.25) is 0 Å². The van der Waals surface area contributed by atoms with Crippen LogP contribution in [0.3, 0.4) is 0 Å². The number of aromatic nitrogens is 1. The minimum atomic E-state index is -0.938. The average molecular weight is 281 g/mol. The first-order chi connectivity index (χ1) is 9.15. The number of carbonyl (C=O) groups is 1. The van der Waals surface area contributed by atoms with Crippen molar-refractivity contribution in [1.29, 1.82) is 0 Å². The Morgan fingerprint density at radius 2 is 2.32 bits per heavy atom. The molecule has 0 radical (unpaired) electrons. The van der Waals surface area contributed by atoms with Crippen LogP contribution < -0.4 is 4.90 Å². The number of rotatable bonds is 2. The van der Waals surface area contributed by atoms with E-state index < -0.39 is 5.97 Å². The van der Waals surface area contributed by atoms with Crippen molar-refractivity contribution in [1.82, 2.24) is 9.88 Å². The predicted octanol–water partition coefficient (Wildman–Crippen LogP) is 1.90. The molecule has 2 saturated heterocycles. The molecule has 3 rings (SSSR count). The molecular weight excluding hydrogens is 262 g/mol. The number of carboxylic acid groups (broad SMARTS) is 1. The third-order valence-corrected chi connectivity index (χ3v) is 5.02. The van der Waals surface area contributed by atoms with Crippen molar-refractivity contribution in [2.24, 2.45) is 0 Å². The minimum Gasteiger partial charge on any atom is -0.476 e. The monoisotopic (exact) mass is 281 g/mol. The smallest absolute Gasteiger partial charge is 0.355 e. The van der Waals surface area contributed by atoms with Crippen LogP contribution >= 0.6 is 11.3 Å². The zero-order chi connectivity index (χ0) is 13.4. The van der Waals surface area contributed by atoms with E-state index in [-0.39, 0.29) is 5.69 Å². The van der Waals surface area contributed by atoms with Crippen molar-refractivity contribution in [2.75, 3.05) is 24.5 Å². The zero-order valence-corrected chi connectivity index (χ0v) is 11.9. The Morgan fingerprint density at radius 1 is 1.47 bits per heavy atom. The summed E-state index contributed by atoms with van der Waals surface area (Å²) >= 11 is 1.44. The van der Waals surface area contributed by atoms with E-state index in [0.29, 0.717) is 12.1 Å². The summed E-state index contributed by atoms with van der Waals surface area (Å²) < 4.78 is 0. The summed E-state index contributed by atoms with van der Waals surface area (Å²) in [6.07, 6.45) is 3.87. The van der Waals surface area contributed by atoms with Crippen LogP contribution in [-0.4, -0.2) is 52.7 Å². The molecule has 2 atom stereocenters. The summed E-state index contributed by atoms with van der Waals surface area (Å²) in [5.74, 6) is -0.938. The lowest BCUT2D eigenvalue weighted by Crippen LogP contribution is -2.58. The topological polar surface area (TPSA) is 56.7 Å². The van der Waals surface area contributed by atoms with E-state index in [2.05, 4.69) is 21.7 Å². The minimum absolute atomic E-state index is 0.165. The number of fused-ring (bicyclic) bond motifs is 1. The maximum Gasteiger partial charge on any atom is 0.355 e. The third-order valence-electron chi connectivity index (χ3n) is 4.14. The number of nitrogens with zero attached hydrogens (tertiary/aromatic N) is 3. The molecule has 1 aromatic rings. The van der Waals surface area contributed by atoms with Crippen LogP contribution in [0.4, 0.5) is 5.13 Å². The Bertz CT molecular complexity index is 476. The fraction of sp³-hybridized carbons (Fsp3) is 0.692. The molecule has 0 saturated carbocycles. The maximum absolute atomic E-state index is 10.9. The second-order valence-electron chi connectivity index (χ2n) is 5.47. The van der Waals surface area contributed by atoms with Crippen LogP contribution in [0.25, 0.3) is 0 Å². The largest absolute Gasteiger partial charge is 0.476 e. The molecule has 5 nitrogen and oxygen atoms in total. The number of aromatic carboxylic acids is 1. The maximum atomic E-state index is 10.9. The highest BCUT2D eigenvalue weighted by Gasteiger charge is 2.34. The second kappa shape index (κ2) is 5.09. The van der Waals surface area contributed by atoms with Crippen LogP contribution in [0.1, 0.15) is 36.7 Å². The quantitative estimate of drug-likeness (QED) is 0.897. The fourth-order valence-electron chi connectivity index (χ4n) is 3.11. The molecule has 19 heavy (non-hydrogen) atoms. The van der Waals surface area contributed by atoms with Gasteiger partial charge in [-0.1, -0.05) is 6.42 Å². The van der Waals surface area contributed by atoms with Gasteiger partial charge in [0.05, 0.1) is 0 Å². The Hall–Kier alpha value is -1.14. The molecule has 0 aliphatic carbocycles. The Morgan fingerprint density at radius 3 is 3.05 bits per heavy atom. The molecule has 104 valence electrons. The SMILES string of the molecule is CC1CN2CCCCC2CN1c1nc(C(=O)O)cs1. The predicted molar refractivity (Wildman–Crippen MR) is 75.1 cm³/mol.